The Morgan fingerprint density at radius 2 is 2.00 bits per heavy atom. The third-order valence-corrected chi connectivity index (χ3v) is 3.55. The lowest BCUT2D eigenvalue weighted by Gasteiger charge is -2.09. The Balaban J connectivity index is 2.20. The summed E-state index contributed by atoms with van der Waals surface area (Å²) in [7, 11) is 0. The Morgan fingerprint density at radius 3 is 2.58 bits per heavy atom. The van der Waals surface area contributed by atoms with Gasteiger partial charge in [-0.25, -0.2) is 4.98 Å². The zero-order chi connectivity index (χ0) is 13.8. The van der Waals surface area contributed by atoms with Gasteiger partial charge < -0.3 is 15.8 Å². The van der Waals surface area contributed by atoms with Gasteiger partial charge in [0.05, 0.1) is 24.5 Å². The van der Waals surface area contributed by atoms with Crippen molar-refractivity contribution in [2.24, 2.45) is 5.73 Å². The summed E-state index contributed by atoms with van der Waals surface area (Å²) in [5, 5.41) is 9.01. The number of aliphatic hydroxyl groups is 1. The van der Waals surface area contributed by atoms with Crippen molar-refractivity contribution in [2.45, 2.75) is 32.2 Å². The number of nitrogens with two attached hydrogens (primary N) is 1. The van der Waals surface area contributed by atoms with Crippen LogP contribution in [-0.4, -0.2) is 21.7 Å². The molecule has 4 heteroatoms. The maximum atomic E-state index is 9.01. The van der Waals surface area contributed by atoms with Gasteiger partial charge in [-0.3, -0.25) is 0 Å². The van der Waals surface area contributed by atoms with Crippen LogP contribution in [0.15, 0.2) is 30.5 Å². The van der Waals surface area contributed by atoms with E-state index in [2.05, 4.69) is 48.1 Å². The smallest absolute Gasteiger partial charge is 0.125 e. The van der Waals surface area contributed by atoms with Crippen LogP contribution < -0.4 is 5.73 Å². The van der Waals surface area contributed by atoms with Crippen molar-refractivity contribution >= 4 is 0 Å². The fourth-order valence-corrected chi connectivity index (χ4v) is 1.99. The molecule has 19 heavy (non-hydrogen) atoms. The van der Waals surface area contributed by atoms with Crippen molar-refractivity contribution in [1.82, 2.24) is 9.97 Å². The second-order valence-corrected chi connectivity index (χ2v) is 4.90. The molecular weight excluding hydrogens is 238 g/mol. The van der Waals surface area contributed by atoms with Crippen molar-refractivity contribution < 1.29 is 5.11 Å². The third kappa shape index (κ3) is 3.03. The first-order valence-corrected chi connectivity index (χ1v) is 6.67. The van der Waals surface area contributed by atoms with Crippen LogP contribution in [0.5, 0.6) is 0 Å². The van der Waals surface area contributed by atoms with E-state index < -0.39 is 6.04 Å². The monoisotopic (exact) mass is 259 g/mol. The largest absolute Gasteiger partial charge is 0.394 e. The van der Waals surface area contributed by atoms with Gasteiger partial charge in [-0.2, -0.15) is 0 Å². The molecule has 2 unspecified atom stereocenters. The van der Waals surface area contributed by atoms with Crippen molar-refractivity contribution in [3.8, 4) is 11.3 Å². The van der Waals surface area contributed by atoms with Gasteiger partial charge in [0.25, 0.3) is 0 Å². The highest BCUT2D eigenvalue weighted by Gasteiger charge is 2.10. The van der Waals surface area contributed by atoms with E-state index in [0.29, 0.717) is 11.7 Å². The lowest BCUT2D eigenvalue weighted by molar-refractivity contribution is 0.264. The summed E-state index contributed by atoms with van der Waals surface area (Å²) < 4.78 is 0. The lowest BCUT2D eigenvalue weighted by atomic mass is 9.97. The minimum atomic E-state index is -0.451. The fraction of sp³-hybridized carbons (Fsp3) is 0.400. The SMILES string of the molecule is CCC(C)c1ccc(-c2cnc(C(N)CO)[nH]2)cc1. The molecule has 4 nitrogen and oxygen atoms in total. The van der Waals surface area contributed by atoms with Crippen LogP contribution in [0.3, 0.4) is 0 Å². The molecule has 0 fully saturated rings. The molecule has 0 aliphatic rings. The number of imidazole rings is 1. The van der Waals surface area contributed by atoms with Gasteiger partial charge in [-0.05, 0) is 23.5 Å². The van der Waals surface area contributed by atoms with Gasteiger partial charge >= 0.3 is 0 Å². The zero-order valence-corrected chi connectivity index (χ0v) is 11.4. The van der Waals surface area contributed by atoms with E-state index in [1.54, 1.807) is 6.20 Å². The zero-order valence-electron chi connectivity index (χ0n) is 11.4. The van der Waals surface area contributed by atoms with E-state index in [1.807, 2.05) is 0 Å². The van der Waals surface area contributed by atoms with Gasteiger partial charge in [-0.1, -0.05) is 38.1 Å². The molecule has 0 bridgehead atoms. The Morgan fingerprint density at radius 1 is 1.32 bits per heavy atom. The normalized spacial score (nSPS) is 14.3. The standard InChI is InChI=1S/C15H21N3O/c1-3-10(2)11-4-6-12(7-5-11)14-8-17-15(18-14)13(16)9-19/h4-8,10,13,19H,3,9,16H2,1-2H3,(H,17,18). The van der Waals surface area contributed by atoms with Gasteiger partial charge in [0.2, 0.25) is 0 Å². The minimum Gasteiger partial charge on any atom is -0.394 e. The molecule has 2 aromatic rings. The van der Waals surface area contributed by atoms with Crippen molar-refractivity contribution in [3.05, 3.63) is 41.9 Å². The predicted molar refractivity (Wildman–Crippen MR) is 76.7 cm³/mol. The molecule has 2 rings (SSSR count). The molecule has 0 aliphatic heterocycles. The Kier molecular flexibility index (Phi) is 4.35. The third-order valence-electron chi connectivity index (χ3n) is 3.55. The predicted octanol–water partition coefficient (Wildman–Crippen LogP) is 2.58. The first kappa shape index (κ1) is 13.8. The number of hydrogen-bond donors (Lipinski definition) is 3. The average molecular weight is 259 g/mol. The molecule has 0 saturated heterocycles. The summed E-state index contributed by atoms with van der Waals surface area (Å²) in [5.41, 5.74) is 9.07. The second kappa shape index (κ2) is 5.99. The van der Waals surface area contributed by atoms with E-state index in [9.17, 15) is 0 Å². The molecule has 1 aromatic carbocycles. The number of hydrogen-bond acceptors (Lipinski definition) is 3. The molecule has 0 spiro atoms. The number of rotatable bonds is 5. The maximum Gasteiger partial charge on any atom is 0.125 e. The van der Waals surface area contributed by atoms with E-state index in [1.165, 1.54) is 5.56 Å². The van der Waals surface area contributed by atoms with Crippen molar-refractivity contribution in [1.29, 1.82) is 0 Å². The van der Waals surface area contributed by atoms with E-state index in [0.717, 1.165) is 17.7 Å². The van der Waals surface area contributed by atoms with E-state index in [-0.39, 0.29) is 6.61 Å². The molecule has 102 valence electrons. The Labute approximate surface area is 113 Å². The van der Waals surface area contributed by atoms with E-state index >= 15 is 0 Å². The van der Waals surface area contributed by atoms with Crippen molar-refractivity contribution in [2.75, 3.05) is 6.61 Å². The quantitative estimate of drug-likeness (QED) is 0.772. The first-order valence-electron chi connectivity index (χ1n) is 6.67. The van der Waals surface area contributed by atoms with Crippen LogP contribution in [0.2, 0.25) is 0 Å². The summed E-state index contributed by atoms with van der Waals surface area (Å²) >= 11 is 0. The molecule has 4 N–H and O–H groups in total. The van der Waals surface area contributed by atoms with E-state index in [4.69, 9.17) is 10.8 Å². The Hall–Kier alpha value is -1.65. The number of aromatic nitrogens is 2. The summed E-state index contributed by atoms with van der Waals surface area (Å²) in [4.78, 5) is 7.34. The van der Waals surface area contributed by atoms with Gasteiger partial charge in [-0.15, -0.1) is 0 Å². The number of aromatic amines is 1. The summed E-state index contributed by atoms with van der Waals surface area (Å²) in [6, 6.07) is 8.02. The van der Waals surface area contributed by atoms with Crippen LogP contribution in [0.4, 0.5) is 0 Å². The average Bonchev–Trinajstić information content (AvgIpc) is 2.95. The molecule has 1 aromatic heterocycles. The fourth-order valence-electron chi connectivity index (χ4n) is 1.99. The number of H-pyrrole nitrogens is 1. The lowest BCUT2D eigenvalue weighted by Crippen LogP contribution is -2.15. The number of nitrogens with one attached hydrogen (secondary N) is 1. The summed E-state index contributed by atoms with van der Waals surface area (Å²) in [5.74, 6) is 1.19. The summed E-state index contributed by atoms with van der Waals surface area (Å²) in [6.07, 6.45) is 2.89. The molecule has 0 radical (unpaired) electrons. The van der Waals surface area contributed by atoms with Crippen LogP contribution in [0.25, 0.3) is 11.3 Å². The van der Waals surface area contributed by atoms with Gasteiger partial charge in [0.1, 0.15) is 5.82 Å². The second-order valence-electron chi connectivity index (χ2n) is 4.90. The highest BCUT2D eigenvalue weighted by atomic mass is 16.3. The van der Waals surface area contributed by atoms with Crippen LogP contribution in [-0.2, 0) is 0 Å². The topological polar surface area (TPSA) is 74.9 Å². The molecule has 0 amide bonds. The molecule has 2 atom stereocenters. The summed E-state index contributed by atoms with van der Waals surface area (Å²) in [6.45, 7) is 4.31. The number of benzene rings is 1. The van der Waals surface area contributed by atoms with Crippen LogP contribution in [0, 0.1) is 0 Å². The molecule has 0 aliphatic carbocycles. The number of nitrogens with zero attached hydrogens (tertiary/aromatic N) is 1. The highest BCUT2D eigenvalue weighted by Crippen LogP contribution is 2.23. The highest BCUT2D eigenvalue weighted by molar-refractivity contribution is 5.59. The molecular formula is C15H21N3O. The van der Waals surface area contributed by atoms with Crippen molar-refractivity contribution in [3.63, 3.8) is 0 Å². The first-order chi connectivity index (χ1) is 9.15. The molecule has 0 saturated carbocycles. The maximum absolute atomic E-state index is 9.01. The van der Waals surface area contributed by atoms with Gasteiger partial charge in [0.15, 0.2) is 0 Å². The number of aliphatic hydroxyl groups excluding tert-OH is 1. The molecule has 1 heterocycles. The van der Waals surface area contributed by atoms with Crippen LogP contribution in [0.1, 0.15) is 43.6 Å². The van der Waals surface area contributed by atoms with Gasteiger partial charge in [0, 0.05) is 0 Å². The minimum absolute atomic E-state index is 0.111. The Bertz CT molecular complexity index is 518. The van der Waals surface area contributed by atoms with Crippen LogP contribution >= 0.6 is 0 Å².